The molecule has 1 fully saturated rings. The molecule has 2 aromatic heterocycles. The fourth-order valence-corrected chi connectivity index (χ4v) is 3.32. The molecule has 24 heavy (non-hydrogen) atoms. The summed E-state index contributed by atoms with van der Waals surface area (Å²) in [6.07, 6.45) is 4.64. The Bertz CT molecular complexity index is 1040. The summed E-state index contributed by atoms with van der Waals surface area (Å²) in [6.45, 7) is 0. The van der Waals surface area contributed by atoms with E-state index in [1.807, 2.05) is 12.1 Å². The van der Waals surface area contributed by atoms with Crippen LogP contribution in [0.2, 0.25) is 0 Å². The van der Waals surface area contributed by atoms with Gasteiger partial charge in [-0.3, -0.25) is 14.0 Å². The highest BCUT2D eigenvalue weighted by molar-refractivity contribution is 7.15. The lowest BCUT2D eigenvalue weighted by Gasteiger charge is -2.08. The maximum absolute atomic E-state index is 12.3. The molecule has 0 spiro atoms. The maximum atomic E-state index is 12.3. The predicted molar refractivity (Wildman–Crippen MR) is 90.3 cm³/mol. The lowest BCUT2D eigenvalue weighted by molar-refractivity contribution is 0.102. The first kappa shape index (κ1) is 14.6. The highest BCUT2D eigenvalue weighted by Crippen LogP contribution is 2.47. The number of rotatable bonds is 3. The van der Waals surface area contributed by atoms with Crippen molar-refractivity contribution in [2.45, 2.75) is 18.3 Å². The zero-order chi connectivity index (χ0) is 16.7. The molecule has 0 bridgehead atoms. The smallest absolute Gasteiger partial charge is 0.271 e. The number of carbonyl (C=O) groups is 1. The van der Waals surface area contributed by atoms with E-state index in [1.54, 1.807) is 23.7 Å². The van der Waals surface area contributed by atoms with Gasteiger partial charge < -0.3 is 5.32 Å². The third-order valence-electron chi connectivity index (χ3n) is 4.25. The third kappa shape index (κ3) is 2.28. The maximum Gasteiger partial charge on any atom is 0.271 e. The van der Waals surface area contributed by atoms with Crippen LogP contribution in [0, 0.1) is 11.3 Å². The van der Waals surface area contributed by atoms with Gasteiger partial charge in [0.2, 0.25) is 0 Å². The molecule has 1 aliphatic rings. The van der Waals surface area contributed by atoms with Crippen LogP contribution in [-0.4, -0.2) is 15.3 Å². The molecule has 7 heteroatoms. The molecule has 1 aromatic carbocycles. The van der Waals surface area contributed by atoms with Crippen molar-refractivity contribution < 1.29 is 4.79 Å². The number of carbonyl (C=O) groups excluding carboxylic acids is 1. The van der Waals surface area contributed by atoms with E-state index in [0.717, 1.165) is 18.4 Å². The van der Waals surface area contributed by atoms with Crippen molar-refractivity contribution in [3.8, 4) is 6.07 Å². The summed E-state index contributed by atoms with van der Waals surface area (Å²) in [5.74, 6) is -0.498. The van der Waals surface area contributed by atoms with Gasteiger partial charge in [0.1, 0.15) is 5.56 Å². The number of nitrogens with one attached hydrogen (secondary N) is 1. The molecule has 0 aliphatic heterocycles. The van der Waals surface area contributed by atoms with Crippen molar-refractivity contribution in [1.29, 1.82) is 5.26 Å². The van der Waals surface area contributed by atoms with Crippen molar-refractivity contribution in [1.82, 2.24) is 9.38 Å². The van der Waals surface area contributed by atoms with Crippen molar-refractivity contribution in [3.63, 3.8) is 0 Å². The van der Waals surface area contributed by atoms with Gasteiger partial charge in [-0.15, -0.1) is 11.3 Å². The van der Waals surface area contributed by atoms with Crippen molar-refractivity contribution in [3.05, 3.63) is 63.5 Å². The van der Waals surface area contributed by atoms with Crippen LogP contribution in [0.1, 0.15) is 28.8 Å². The van der Waals surface area contributed by atoms with E-state index in [0.29, 0.717) is 10.6 Å². The van der Waals surface area contributed by atoms with E-state index in [-0.39, 0.29) is 11.0 Å². The highest BCUT2D eigenvalue weighted by atomic mass is 32.1. The van der Waals surface area contributed by atoms with Crippen LogP contribution in [0.25, 0.3) is 4.96 Å². The van der Waals surface area contributed by atoms with Gasteiger partial charge in [0.15, 0.2) is 4.96 Å². The standard InChI is InChI=1S/C17H12N4O2S/c18-10-17(5-6-17)11-1-3-12(4-2-11)20-14(22)13-9-19-16-21(15(13)23)7-8-24-16/h1-4,7-9H,5-6H2,(H,20,22). The average molecular weight is 336 g/mol. The van der Waals surface area contributed by atoms with Gasteiger partial charge in [0, 0.05) is 23.5 Å². The summed E-state index contributed by atoms with van der Waals surface area (Å²) in [5, 5.41) is 13.7. The number of nitriles is 1. The summed E-state index contributed by atoms with van der Waals surface area (Å²) < 4.78 is 1.35. The number of benzene rings is 1. The van der Waals surface area contributed by atoms with Crippen LogP contribution in [0.3, 0.4) is 0 Å². The number of amides is 1. The minimum atomic E-state index is -0.498. The lowest BCUT2D eigenvalue weighted by atomic mass is 9.98. The van der Waals surface area contributed by atoms with E-state index in [2.05, 4.69) is 16.4 Å². The molecule has 1 saturated carbocycles. The molecule has 3 aromatic rings. The molecule has 0 saturated heterocycles. The molecule has 1 amide bonds. The first-order valence-corrected chi connectivity index (χ1v) is 8.29. The summed E-state index contributed by atoms with van der Waals surface area (Å²) in [7, 11) is 0. The summed E-state index contributed by atoms with van der Waals surface area (Å²) in [4.78, 5) is 29.3. The average Bonchev–Trinajstić information content (AvgIpc) is 3.25. The van der Waals surface area contributed by atoms with Crippen LogP contribution in [0.4, 0.5) is 5.69 Å². The number of hydrogen-bond acceptors (Lipinski definition) is 5. The normalized spacial score (nSPS) is 15.0. The van der Waals surface area contributed by atoms with Gasteiger partial charge in [-0.25, -0.2) is 4.98 Å². The Morgan fingerprint density at radius 3 is 2.75 bits per heavy atom. The summed E-state index contributed by atoms with van der Waals surface area (Å²) in [5.41, 5.74) is 0.786. The molecule has 6 nitrogen and oxygen atoms in total. The second-order valence-corrected chi connectivity index (χ2v) is 6.63. The monoisotopic (exact) mass is 336 g/mol. The predicted octanol–water partition coefficient (Wildman–Crippen LogP) is 2.56. The second-order valence-electron chi connectivity index (χ2n) is 5.76. The first-order valence-electron chi connectivity index (χ1n) is 7.41. The second kappa shape index (κ2) is 5.28. The number of nitrogens with zero attached hydrogens (tertiary/aromatic N) is 3. The molecular weight excluding hydrogens is 324 g/mol. The van der Waals surface area contributed by atoms with E-state index in [9.17, 15) is 14.9 Å². The molecule has 1 N–H and O–H groups in total. The van der Waals surface area contributed by atoms with Crippen molar-refractivity contribution in [2.24, 2.45) is 0 Å². The van der Waals surface area contributed by atoms with E-state index < -0.39 is 11.5 Å². The highest BCUT2D eigenvalue weighted by Gasteiger charge is 2.44. The molecule has 1 aliphatic carbocycles. The minimum absolute atomic E-state index is 0.00864. The van der Waals surface area contributed by atoms with Gasteiger partial charge in [0.25, 0.3) is 11.5 Å². The van der Waals surface area contributed by atoms with Crippen LogP contribution in [-0.2, 0) is 5.41 Å². The Labute approximate surface area is 141 Å². The summed E-state index contributed by atoms with van der Waals surface area (Å²) >= 11 is 1.33. The molecule has 2 heterocycles. The van der Waals surface area contributed by atoms with Gasteiger partial charge in [-0.05, 0) is 30.5 Å². The van der Waals surface area contributed by atoms with Gasteiger partial charge in [-0.1, -0.05) is 12.1 Å². The first-order chi connectivity index (χ1) is 11.6. The third-order valence-corrected chi connectivity index (χ3v) is 5.02. The van der Waals surface area contributed by atoms with Crippen LogP contribution < -0.4 is 10.9 Å². The molecule has 118 valence electrons. The Balaban J connectivity index is 1.58. The van der Waals surface area contributed by atoms with Gasteiger partial charge in [0.05, 0.1) is 11.5 Å². The largest absolute Gasteiger partial charge is 0.322 e. The molecule has 0 radical (unpaired) electrons. The fourth-order valence-electron chi connectivity index (χ4n) is 2.64. The molecule has 0 unspecified atom stereocenters. The number of aromatic nitrogens is 2. The lowest BCUT2D eigenvalue weighted by Crippen LogP contribution is -2.25. The Hall–Kier alpha value is -2.98. The van der Waals surface area contributed by atoms with E-state index in [1.165, 1.54) is 21.9 Å². The Morgan fingerprint density at radius 2 is 2.08 bits per heavy atom. The van der Waals surface area contributed by atoms with Crippen molar-refractivity contribution in [2.75, 3.05) is 5.32 Å². The van der Waals surface area contributed by atoms with Crippen molar-refractivity contribution >= 4 is 27.9 Å². The SMILES string of the molecule is N#CC1(c2ccc(NC(=O)c3cnc4sccn4c3=O)cc2)CC1. The van der Waals surface area contributed by atoms with E-state index >= 15 is 0 Å². The summed E-state index contributed by atoms with van der Waals surface area (Å²) in [6, 6.07) is 9.53. The number of hydrogen-bond donors (Lipinski definition) is 1. The van der Waals surface area contributed by atoms with Crippen LogP contribution in [0.15, 0.2) is 46.8 Å². The molecular formula is C17H12N4O2S. The Morgan fingerprint density at radius 1 is 1.33 bits per heavy atom. The minimum Gasteiger partial charge on any atom is -0.322 e. The van der Waals surface area contributed by atoms with Crippen LogP contribution in [0.5, 0.6) is 0 Å². The molecule has 4 rings (SSSR count). The molecule has 0 atom stereocenters. The van der Waals surface area contributed by atoms with Gasteiger partial charge in [-0.2, -0.15) is 5.26 Å². The number of thiazole rings is 1. The van der Waals surface area contributed by atoms with Crippen LogP contribution >= 0.6 is 11.3 Å². The Kier molecular flexibility index (Phi) is 3.22. The zero-order valence-electron chi connectivity index (χ0n) is 12.5. The zero-order valence-corrected chi connectivity index (χ0v) is 13.3. The van der Waals surface area contributed by atoms with Gasteiger partial charge >= 0.3 is 0 Å². The topological polar surface area (TPSA) is 87.3 Å². The number of fused-ring (bicyclic) bond motifs is 1. The van der Waals surface area contributed by atoms with E-state index in [4.69, 9.17) is 0 Å². The number of anilines is 1. The fraction of sp³-hybridized carbons (Fsp3) is 0.176. The quantitative estimate of drug-likeness (QED) is 0.796.